The summed E-state index contributed by atoms with van der Waals surface area (Å²) in [6, 6.07) is 0. The predicted molar refractivity (Wildman–Crippen MR) is 61.4 cm³/mol. The maximum absolute atomic E-state index is 5.79. The van der Waals surface area contributed by atoms with Crippen LogP contribution in [0.1, 0.15) is 36.7 Å². The first kappa shape index (κ1) is 11.3. The Balaban J connectivity index is 2.22. The highest BCUT2D eigenvalue weighted by atomic mass is 35.5. The summed E-state index contributed by atoms with van der Waals surface area (Å²) in [4.78, 5) is 0. The van der Waals surface area contributed by atoms with Crippen LogP contribution >= 0.6 is 22.9 Å². The maximum Gasteiger partial charge on any atom is 0.132 e. The SMILES string of the molecule is CC1OC(C)C(c2nnc(CCl)s2)C1C. The molecule has 4 atom stereocenters. The molecule has 2 rings (SSSR count). The van der Waals surface area contributed by atoms with Crippen LogP contribution in [0.5, 0.6) is 0 Å². The molecule has 1 aromatic heterocycles. The van der Waals surface area contributed by atoms with E-state index in [1.807, 2.05) is 0 Å². The van der Waals surface area contributed by atoms with Gasteiger partial charge >= 0.3 is 0 Å². The Morgan fingerprint density at radius 1 is 1.27 bits per heavy atom. The molecule has 0 aliphatic carbocycles. The summed E-state index contributed by atoms with van der Waals surface area (Å²) in [5.41, 5.74) is 0. The first-order valence-corrected chi connectivity index (χ1v) is 6.52. The summed E-state index contributed by atoms with van der Waals surface area (Å²) >= 11 is 7.33. The van der Waals surface area contributed by atoms with Crippen LogP contribution in [0.4, 0.5) is 0 Å². The van der Waals surface area contributed by atoms with Gasteiger partial charge in [0, 0.05) is 5.92 Å². The number of alkyl halides is 1. The van der Waals surface area contributed by atoms with Gasteiger partial charge < -0.3 is 4.74 Å². The summed E-state index contributed by atoms with van der Waals surface area (Å²) in [5, 5.41) is 10.2. The van der Waals surface area contributed by atoms with Crippen molar-refractivity contribution in [2.75, 3.05) is 0 Å². The van der Waals surface area contributed by atoms with E-state index in [1.54, 1.807) is 11.3 Å². The Kier molecular flexibility index (Phi) is 3.28. The lowest BCUT2D eigenvalue weighted by atomic mass is 9.90. The van der Waals surface area contributed by atoms with Gasteiger partial charge in [-0.25, -0.2) is 0 Å². The molecular weight excluding hydrogens is 232 g/mol. The maximum atomic E-state index is 5.79. The van der Waals surface area contributed by atoms with E-state index in [4.69, 9.17) is 16.3 Å². The van der Waals surface area contributed by atoms with Crippen LogP contribution in [-0.4, -0.2) is 22.4 Å². The molecule has 1 aromatic rings. The van der Waals surface area contributed by atoms with Crippen LogP contribution in [0.3, 0.4) is 0 Å². The highest BCUT2D eigenvalue weighted by Gasteiger charge is 2.39. The predicted octanol–water partition coefficient (Wildman–Crippen LogP) is 2.80. The second-order valence-electron chi connectivity index (χ2n) is 4.10. The molecule has 0 radical (unpaired) electrons. The average molecular weight is 247 g/mol. The third kappa shape index (κ3) is 2.03. The lowest BCUT2D eigenvalue weighted by Gasteiger charge is -2.14. The van der Waals surface area contributed by atoms with E-state index in [0.29, 0.717) is 23.8 Å². The molecule has 5 heteroatoms. The Labute approximate surface area is 98.8 Å². The molecule has 1 saturated heterocycles. The molecule has 0 spiro atoms. The van der Waals surface area contributed by atoms with Crippen LogP contribution in [-0.2, 0) is 10.6 Å². The van der Waals surface area contributed by atoms with Gasteiger partial charge in [-0.05, 0) is 19.8 Å². The van der Waals surface area contributed by atoms with Crippen molar-refractivity contribution in [3.8, 4) is 0 Å². The van der Waals surface area contributed by atoms with E-state index in [-0.39, 0.29) is 6.10 Å². The van der Waals surface area contributed by atoms with Gasteiger partial charge in [-0.2, -0.15) is 0 Å². The Bertz CT molecular complexity index is 344. The molecule has 0 bridgehead atoms. The Morgan fingerprint density at radius 2 is 2.00 bits per heavy atom. The lowest BCUT2D eigenvalue weighted by Crippen LogP contribution is -2.14. The summed E-state index contributed by atoms with van der Waals surface area (Å²) in [7, 11) is 0. The van der Waals surface area contributed by atoms with E-state index in [0.717, 1.165) is 10.0 Å². The minimum atomic E-state index is 0.228. The molecule has 0 N–H and O–H groups in total. The zero-order chi connectivity index (χ0) is 11.0. The van der Waals surface area contributed by atoms with Gasteiger partial charge in [0.05, 0.1) is 18.1 Å². The fourth-order valence-corrected chi connectivity index (χ4v) is 3.37. The largest absolute Gasteiger partial charge is 0.375 e. The van der Waals surface area contributed by atoms with Gasteiger partial charge in [0.15, 0.2) is 0 Å². The van der Waals surface area contributed by atoms with E-state index in [1.165, 1.54) is 0 Å². The molecule has 3 nitrogen and oxygen atoms in total. The number of nitrogens with zero attached hydrogens (tertiary/aromatic N) is 2. The quantitative estimate of drug-likeness (QED) is 0.753. The minimum Gasteiger partial charge on any atom is -0.375 e. The summed E-state index contributed by atoms with van der Waals surface area (Å²) in [5.74, 6) is 1.31. The van der Waals surface area contributed by atoms with Crippen LogP contribution in [0.25, 0.3) is 0 Å². The van der Waals surface area contributed by atoms with Crippen LogP contribution in [0, 0.1) is 5.92 Å². The second-order valence-corrected chi connectivity index (χ2v) is 5.46. The van der Waals surface area contributed by atoms with Gasteiger partial charge in [-0.1, -0.05) is 18.3 Å². The van der Waals surface area contributed by atoms with Gasteiger partial charge in [0.1, 0.15) is 10.0 Å². The van der Waals surface area contributed by atoms with Crippen LogP contribution < -0.4 is 0 Å². The number of halogens is 1. The molecule has 0 saturated carbocycles. The standard InChI is InChI=1S/C10H15ClN2OS/c1-5-6(2)14-7(3)9(5)10-13-12-8(4-11)15-10/h5-7,9H,4H2,1-3H3. The second kappa shape index (κ2) is 4.36. The molecule has 1 aliphatic heterocycles. The summed E-state index contributed by atoms with van der Waals surface area (Å²) in [6.45, 7) is 6.43. The number of hydrogen-bond acceptors (Lipinski definition) is 4. The van der Waals surface area contributed by atoms with Crippen molar-refractivity contribution < 1.29 is 4.74 Å². The van der Waals surface area contributed by atoms with Gasteiger partial charge in [0.2, 0.25) is 0 Å². The molecule has 4 unspecified atom stereocenters. The Morgan fingerprint density at radius 3 is 2.47 bits per heavy atom. The van der Waals surface area contributed by atoms with Crippen molar-refractivity contribution in [1.82, 2.24) is 10.2 Å². The smallest absolute Gasteiger partial charge is 0.132 e. The molecule has 15 heavy (non-hydrogen) atoms. The lowest BCUT2D eigenvalue weighted by molar-refractivity contribution is 0.0556. The molecule has 1 fully saturated rings. The van der Waals surface area contributed by atoms with Crippen LogP contribution in [0.15, 0.2) is 0 Å². The summed E-state index contributed by atoms with van der Waals surface area (Å²) < 4.78 is 5.79. The van der Waals surface area contributed by atoms with E-state index in [9.17, 15) is 0 Å². The fraction of sp³-hybridized carbons (Fsp3) is 0.800. The zero-order valence-electron chi connectivity index (χ0n) is 9.11. The summed E-state index contributed by atoms with van der Waals surface area (Å²) in [6.07, 6.45) is 0.527. The molecule has 0 amide bonds. The van der Waals surface area contributed by atoms with Crippen molar-refractivity contribution in [1.29, 1.82) is 0 Å². The molecule has 0 aromatic carbocycles. The molecular formula is C10H15ClN2OS. The van der Waals surface area contributed by atoms with Gasteiger partial charge in [-0.3, -0.25) is 0 Å². The first-order chi connectivity index (χ1) is 7.13. The highest BCUT2D eigenvalue weighted by Crippen LogP contribution is 2.40. The number of rotatable bonds is 2. The third-order valence-electron chi connectivity index (χ3n) is 3.12. The molecule has 2 heterocycles. The normalized spacial score (nSPS) is 36.0. The molecule has 84 valence electrons. The topological polar surface area (TPSA) is 35.0 Å². The van der Waals surface area contributed by atoms with E-state index >= 15 is 0 Å². The fourth-order valence-electron chi connectivity index (χ4n) is 2.15. The van der Waals surface area contributed by atoms with Crippen molar-refractivity contribution in [2.24, 2.45) is 5.92 Å². The monoisotopic (exact) mass is 246 g/mol. The van der Waals surface area contributed by atoms with Crippen molar-refractivity contribution in [3.05, 3.63) is 10.0 Å². The number of ether oxygens (including phenoxy) is 1. The van der Waals surface area contributed by atoms with E-state index in [2.05, 4.69) is 31.0 Å². The van der Waals surface area contributed by atoms with Crippen molar-refractivity contribution >= 4 is 22.9 Å². The molecule has 1 aliphatic rings. The van der Waals surface area contributed by atoms with Gasteiger partial charge in [-0.15, -0.1) is 21.8 Å². The van der Waals surface area contributed by atoms with Crippen molar-refractivity contribution in [3.63, 3.8) is 0 Å². The minimum absolute atomic E-state index is 0.228. The van der Waals surface area contributed by atoms with Crippen molar-refractivity contribution in [2.45, 2.75) is 44.8 Å². The number of aromatic nitrogens is 2. The third-order valence-corrected chi connectivity index (χ3v) is 4.56. The van der Waals surface area contributed by atoms with Gasteiger partial charge in [0.25, 0.3) is 0 Å². The first-order valence-electron chi connectivity index (χ1n) is 5.17. The highest BCUT2D eigenvalue weighted by molar-refractivity contribution is 7.11. The Hall–Kier alpha value is -0.190. The van der Waals surface area contributed by atoms with E-state index < -0.39 is 0 Å². The average Bonchev–Trinajstić information content (AvgIpc) is 2.74. The number of hydrogen-bond donors (Lipinski definition) is 0. The van der Waals surface area contributed by atoms with Crippen LogP contribution in [0.2, 0.25) is 0 Å². The zero-order valence-corrected chi connectivity index (χ0v) is 10.7.